The molecule has 1 atom stereocenters. The van der Waals surface area contributed by atoms with Crippen molar-refractivity contribution in [3.63, 3.8) is 0 Å². The van der Waals surface area contributed by atoms with E-state index >= 15 is 0 Å². The van der Waals surface area contributed by atoms with Gasteiger partial charge in [-0.05, 0) is 24.6 Å². The molecule has 1 aromatic carbocycles. The highest BCUT2D eigenvalue weighted by atomic mass is 16.2. The predicted octanol–water partition coefficient (Wildman–Crippen LogP) is 1.04. The third-order valence-electron chi connectivity index (χ3n) is 4.82. The van der Waals surface area contributed by atoms with Gasteiger partial charge in [-0.3, -0.25) is 14.4 Å². The van der Waals surface area contributed by atoms with Gasteiger partial charge in [-0.2, -0.15) is 0 Å². The smallest absolute Gasteiger partial charge is 0.228 e. The summed E-state index contributed by atoms with van der Waals surface area (Å²) in [5.41, 5.74) is 1.95. The number of hydrogen-bond donors (Lipinski definition) is 0. The third kappa shape index (κ3) is 3.27. The Hall–Kier alpha value is -2.37. The van der Waals surface area contributed by atoms with Crippen LogP contribution in [0.3, 0.4) is 0 Å². The molecule has 2 aliphatic heterocycles. The zero-order valence-electron chi connectivity index (χ0n) is 14.2. The summed E-state index contributed by atoms with van der Waals surface area (Å²) in [5.74, 6) is -0.214. The minimum absolute atomic E-state index is 0.00122. The first kappa shape index (κ1) is 16.5. The van der Waals surface area contributed by atoms with Gasteiger partial charge in [0.2, 0.25) is 17.7 Å². The highest BCUT2D eigenvalue weighted by Crippen LogP contribution is 2.27. The van der Waals surface area contributed by atoms with Crippen molar-refractivity contribution in [1.82, 2.24) is 9.80 Å². The first-order valence-corrected chi connectivity index (χ1v) is 8.37. The molecule has 0 N–H and O–H groups in total. The molecule has 0 spiro atoms. The minimum Gasteiger partial charge on any atom is -0.339 e. The van der Waals surface area contributed by atoms with Crippen molar-refractivity contribution in [2.75, 3.05) is 37.6 Å². The minimum atomic E-state index is -0.290. The van der Waals surface area contributed by atoms with Crippen LogP contribution in [0.15, 0.2) is 24.3 Å². The number of nitrogens with zero attached hydrogens (tertiary/aromatic N) is 3. The maximum Gasteiger partial charge on any atom is 0.228 e. The summed E-state index contributed by atoms with van der Waals surface area (Å²) in [4.78, 5) is 41.7. The summed E-state index contributed by atoms with van der Waals surface area (Å²) in [6.45, 7) is 6.22. The van der Waals surface area contributed by atoms with Crippen LogP contribution in [-0.4, -0.2) is 60.2 Å². The molecule has 3 rings (SSSR count). The lowest BCUT2D eigenvalue weighted by atomic mass is 10.1. The zero-order chi connectivity index (χ0) is 17.3. The van der Waals surface area contributed by atoms with E-state index in [9.17, 15) is 14.4 Å². The molecule has 128 valence electrons. The van der Waals surface area contributed by atoms with Gasteiger partial charge in [-0.25, -0.2) is 0 Å². The van der Waals surface area contributed by atoms with E-state index in [1.165, 1.54) is 0 Å². The first-order chi connectivity index (χ1) is 11.5. The Kier molecular flexibility index (Phi) is 4.55. The zero-order valence-corrected chi connectivity index (χ0v) is 14.2. The Morgan fingerprint density at radius 2 is 1.75 bits per heavy atom. The number of rotatable bonds is 2. The Bertz CT molecular complexity index is 665. The van der Waals surface area contributed by atoms with Crippen molar-refractivity contribution < 1.29 is 14.4 Å². The fourth-order valence-electron chi connectivity index (χ4n) is 3.42. The predicted molar refractivity (Wildman–Crippen MR) is 90.5 cm³/mol. The number of piperazine rings is 1. The summed E-state index contributed by atoms with van der Waals surface area (Å²) in [6, 6.07) is 7.79. The van der Waals surface area contributed by atoms with E-state index in [1.54, 1.807) is 21.6 Å². The molecule has 0 bridgehead atoms. The van der Waals surface area contributed by atoms with Crippen LogP contribution in [0.25, 0.3) is 0 Å². The van der Waals surface area contributed by atoms with Crippen LogP contribution in [0.1, 0.15) is 18.9 Å². The number of anilines is 1. The molecular formula is C18H23N3O3. The molecule has 6 heteroatoms. The van der Waals surface area contributed by atoms with E-state index in [0.717, 1.165) is 11.3 Å². The van der Waals surface area contributed by atoms with Crippen molar-refractivity contribution >= 4 is 23.4 Å². The second kappa shape index (κ2) is 6.63. The monoisotopic (exact) mass is 329 g/mol. The van der Waals surface area contributed by atoms with E-state index in [2.05, 4.69) is 0 Å². The molecule has 1 unspecified atom stereocenters. The topological polar surface area (TPSA) is 60.9 Å². The second-order valence-electron chi connectivity index (χ2n) is 6.58. The number of amides is 3. The van der Waals surface area contributed by atoms with E-state index in [1.807, 2.05) is 31.2 Å². The second-order valence-corrected chi connectivity index (χ2v) is 6.58. The van der Waals surface area contributed by atoms with Crippen molar-refractivity contribution in [1.29, 1.82) is 0 Å². The quantitative estimate of drug-likeness (QED) is 0.814. The first-order valence-electron chi connectivity index (χ1n) is 8.37. The highest BCUT2D eigenvalue weighted by molar-refractivity contribution is 6.00. The number of carbonyl (C=O) groups is 3. The van der Waals surface area contributed by atoms with Gasteiger partial charge in [-0.1, -0.05) is 12.1 Å². The standard InChI is InChI=1S/C18H23N3O3/c1-13-4-3-5-16(10-13)21-12-15(11-17(21)23)18(24)20-8-6-19(7-9-20)14(2)22/h3-5,10,15H,6-9,11-12H2,1-2H3. The lowest BCUT2D eigenvalue weighted by Crippen LogP contribution is -2.51. The SMILES string of the molecule is CC(=O)N1CCN(C(=O)C2CC(=O)N(c3cccc(C)c3)C2)CC1. The third-order valence-corrected chi connectivity index (χ3v) is 4.82. The van der Waals surface area contributed by atoms with Crippen molar-refractivity contribution in [2.24, 2.45) is 5.92 Å². The maximum absolute atomic E-state index is 12.7. The van der Waals surface area contributed by atoms with Gasteiger partial charge in [0.25, 0.3) is 0 Å². The van der Waals surface area contributed by atoms with E-state index < -0.39 is 0 Å². The molecule has 1 aromatic rings. The van der Waals surface area contributed by atoms with Gasteiger partial charge in [0.1, 0.15) is 0 Å². The molecule has 6 nitrogen and oxygen atoms in total. The van der Waals surface area contributed by atoms with Gasteiger partial charge in [0.15, 0.2) is 0 Å². The number of carbonyl (C=O) groups excluding carboxylic acids is 3. The lowest BCUT2D eigenvalue weighted by Gasteiger charge is -2.35. The number of hydrogen-bond acceptors (Lipinski definition) is 3. The molecule has 0 aliphatic carbocycles. The summed E-state index contributed by atoms with van der Waals surface area (Å²) in [5, 5.41) is 0. The van der Waals surface area contributed by atoms with E-state index in [0.29, 0.717) is 32.7 Å². The van der Waals surface area contributed by atoms with Crippen LogP contribution in [0.5, 0.6) is 0 Å². The number of benzene rings is 1. The van der Waals surface area contributed by atoms with Gasteiger partial charge < -0.3 is 14.7 Å². The molecule has 0 radical (unpaired) electrons. The van der Waals surface area contributed by atoms with Crippen LogP contribution in [0.4, 0.5) is 5.69 Å². The van der Waals surface area contributed by atoms with Crippen molar-refractivity contribution in [3.8, 4) is 0 Å². The van der Waals surface area contributed by atoms with Gasteiger partial charge >= 0.3 is 0 Å². The number of aryl methyl sites for hydroxylation is 1. The molecule has 2 saturated heterocycles. The van der Waals surface area contributed by atoms with Crippen LogP contribution in [-0.2, 0) is 14.4 Å². The molecular weight excluding hydrogens is 306 g/mol. The fourth-order valence-corrected chi connectivity index (χ4v) is 3.42. The average Bonchev–Trinajstić information content (AvgIpc) is 2.96. The van der Waals surface area contributed by atoms with Gasteiger partial charge in [-0.15, -0.1) is 0 Å². The Balaban J connectivity index is 1.63. The molecule has 2 heterocycles. The Morgan fingerprint density at radius 3 is 2.38 bits per heavy atom. The molecule has 0 aromatic heterocycles. The summed E-state index contributed by atoms with van der Waals surface area (Å²) in [7, 11) is 0. The molecule has 2 aliphatic rings. The van der Waals surface area contributed by atoms with Crippen LogP contribution >= 0.6 is 0 Å². The fraction of sp³-hybridized carbons (Fsp3) is 0.500. The summed E-state index contributed by atoms with van der Waals surface area (Å²) >= 11 is 0. The van der Waals surface area contributed by atoms with Crippen LogP contribution in [0, 0.1) is 12.8 Å². The van der Waals surface area contributed by atoms with Gasteiger partial charge in [0, 0.05) is 51.8 Å². The molecule has 3 amide bonds. The lowest BCUT2D eigenvalue weighted by molar-refractivity contribution is -0.141. The van der Waals surface area contributed by atoms with E-state index in [-0.39, 0.29) is 30.1 Å². The summed E-state index contributed by atoms with van der Waals surface area (Å²) < 4.78 is 0. The largest absolute Gasteiger partial charge is 0.339 e. The van der Waals surface area contributed by atoms with Crippen molar-refractivity contribution in [2.45, 2.75) is 20.3 Å². The molecule has 24 heavy (non-hydrogen) atoms. The van der Waals surface area contributed by atoms with Crippen LogP contribution < -0.4 is 4.90 Å². The van der Waals surface area contributed by atoms with Crippen molar-refractivity contribution in [3.05, 3.63) is 29.8 Å². The van der Waals surface area contributed by atoms with Crippen LogP contribution in [0.2, 0.25) is 0 Å². The normalized spacial score (nSPS) is 21.3. The van der Waals surface area contributed by atoms with E-state index in [4.69, 9.17) is 0 Å². The molecule has 2 fully saturated rings. The summed E-state index contributed by atoms with van der Waals surface area (Å²) in [6.07, 6.45) is 0.264. The maximum atomic E-state index is 12.7. The van der Waals surface area contributed by atoms with Gasteiger partial charge in [0.05, 0.1) is 5.92 Å². The Morgan fingerprint density at radius 1 is 1.08 bits per heavy atom. The average molecular weight is 329 g/mol. The molecule has 0 saturated carbocycles. The highest BCUT2D eigenvalue weighted by Gasteiger charge is 2.38. The Labute approximate surface area is 142 Å².